The summed E-state index contributed by atoms with van der Waals surface area (Å²) >= 11 is 6.02. The van der Waals surface area contributed by atoms with Crippen LogP contribution in [0, 0.1) is 11.2 Å². The Morgan fingerprint density at radius 2 is 2.00 bits per heavy atom. The molecule has 3 aromatic rings. The van der Waals surface area contributed by atoms with Crippen LogP contribution in [0.4, 0.5) is 17.6 Å². The van der Waals surface area contributed by atoms with E-state index in [2.05, 4.69) is 19.9 Å². The molecule has 1 amide bonds. The summed E-state index contributed by atoms with van der Waals surface area (Å²) in [5.41, 5.74) is -0.283. The third kappa shape index (κ3) is 4.68. The average molecular weight is 472 g/mol. The van der Waals surface area contributed by atoms with Gasteiger partial charge in [-0.1, -0.05) is 11.6 Å². The van der Waals surface area contributed by atoms with Crippen LogP contribution < -0.4 is 5.32 Å². The molecule has 0 radical (unpaired) electrons. The van der Waals surface area contributed by atoms with Crippen molar-refractivity contribution in [2.45, 2.75) is 25.4 Å². The Kier molecular flexibility index (Phi) is 6.04. The quantitative estimate of drug-likeness (QED) is 0.552. The number of alkyl halides is 3. The number of fused-ring (bicyclic) bond motifs is 1. The number of nitrogens with one attached hydrogen (secondary N) is 2. The molecule has 0 aliphatic carbocycles. The SMILES string of the molecule is O=C(NCC(F)(F)F)C1(Cc2nc(-c3c[nH]c4ncc(Cl)cc34)ncc2F)CCOCC1. The van der Waals surface area contributed by atoms with Crippen molar-refractivity contribution in [2.24, 2.45) is 5.41 Å². The maximum absolute atomic E-state index is 14.6. The number of nitrogens with zero attached hydrogens (tertiary/aromatic N) is 3. The molecule has 0 aromatic carbocycles. The fourth-order valence-electron chi connectivity index (χ4n) is 3.75. The van der Waals surface area contributed by atoms with Gasteiger partial charge in [0.25, 0.3) is 0 Å². The number of pyridine rings is 1. The summed E-state index contributed by atoms with van der Waals surface area (Å²) in [6.45, 7) is -1.12. The maximum Gasteiger partial charge on any atom is 0.405 e. The smallest absolute Gasteiger partial charge is 0.381 e. The van der Waals surface area contributed by atoms with Gasteiger partial charge in [-0.05, 0) is 18.9 Å². The van der Waals surface area contributed by atoms with Gasteiger partial charge in [0.1, 0.15) is 12.2 Å². The van der Waals surface area contributed by atoms with Crippen LogP contribution in [-0.4, -0.2) is 51.8 Å². The number of ether oxygens (including phenoxy) is 1. The molecule has 32 heavy (non-hydrogen) atoms. The number of carbonyl (C=O) groups is 1. The lowest BCUT2D eigenvalue weighted by atomic mass is 9.75. The number of aromatic amines is 1. The zero-order chi connectivity index (χ0) is 22.9. The van der Waals surface area contributed by atoms with Gasteiger partial charge in [0, 0.05) is 43.0 Å². The molecule has 12 heteroatoms. The lowest BCUT2D eigenvalue weighted by molar-refractivity contribution is -0.148. The summed E-state index contributed by atoms with van der Waals surface area (Å²) in [5, 5.41) is 2.95. The number of hydrogen-bond donors (Lipinski definition) is 2. The van der Waals surface area contributed by atoms with Gasteiger partial charge in [0.15, 0.2) is 11.6 Å². The standard InChI is InChI=1S/C20H18ClF4N5O2/c21-11-5-12-13(8-27-16(12)26-7-11)17-28-9-14(22)15(30-17)6-19(1-3-32-4-2-19)18(31)29-10-20(23,24)25/h5,7-9H,1-4,6,10H2,(H,26,27)(H,29,31). The average Bonchev–Trinajstić information content (AvgIpc) is 3.17. The van der Waals surface area contributed by atoms with Crippen molar-refractivity contribution >= 4 is 28.5 Å². The maximum atomic E-state index is 14.6. The van der Waals surface area contributed by atoms with E-state index in [4.69, 9.17) is 16.3 Å². The number of rotatable bonds is 5. The first-order valence-corrected chi connectivity index (χ1v) is 10.1. The van der Waals surface area contributed by atoms with Crippen LogP contribution in [-0.2, 0) is 16.0 Å². The van der Waals surface area contributed by atoms with E-state index < -0.39 is 29.9 Å². The van der Waals surface area contributed by atoms with Gasteiger partial charge < -0.3 is 15.0 Å². The number of hydrogen-bond acceptors (Lipinski definition) is 5. The van der Waals surface area contributed by atoms with E-state index >= 15 is 0 Å². The molecule has 7 nitrogen and oxygen atoms in total. The third-order valence-electron chi connectivity index (χ3n) is 5.44. The number of amides is 1. The zero-order valence-electron chi connectivity index (χ0n) is 16.6. The second-order valence-corrected chi connectivity index (χ2v) is 8.04. The Hall–Kier alpha value is -2.79. The van der Waals surface area contributed by atoms with Crippen molar-refractivity contribution in [2.75, 3.05) is 19.8 Å². The minimum atomic E-state index is -4.56. The molecule has 0 spiro atoms. The van der Waals surface area contributed by atoms with E-state index in [1.54, 1.807) is 12.3 Å². The zero-order valence-corrected chi connectivity index (χ0v) is 17.4. The third-order valence-corrected chi connectivity index (χ3v) is 5.65. The summed E-state index contributed by atoms with van der Waals surface area (Å²) in [7, 11) is 0. The Morgan fingerprint density at radius 3 is 2.72 bits per heavy atom. The van der Waals surface area contributed by atoms with Crippen LogP contribution in [0.5, 0.6) is 0 Å². The molecule has 3 aromatic heterocycles. The Balaban J connectivity index is 1.67. The van der Waals surface area contributed by atoms with Crippen molar-refractivity contribution in [1.82, 2.24) is 25.3 Å². The fourth-order valence-corrected chi connectivity index (χ4v) is 3.91. The van der Waals surface area contributed by atoms with Gasteiger partial charge in [0.2, 0.25) is 5.91 Å². The van der Waals surface area contributed by atoms with Crippen molar-refractivity contribution in [3.8, 4) is 11.4 Å². The molecule has 2 N–H and O–H groups in total. The molecular weight excluding hydrogens is 454 g/mol. The van der Waals surface area contributed by atoms with E-state index in [-0.39, 0.29) is 44.0 Å². The number of halogens is 5. The highest BCUT2D eigenvalue weighted by Crippen LogP contribution is 2.36. The highest BCUT2D eigenvalue weighted by Gasteiger charge is 2.42. The molecule has 1 aliphatic rings. The van der Waals surface area contributed by atoms with E-state index in [0.717, 1.165) is 6.20 Å². The molecule has 4 heterocycles. The molecular formula is C20H18ClF4N5O2. The predicted molar refractivity (Wildman–Crippen MR) is 107 cm³/mol. The van der Waals surface area contributed by atoms with Crippen molar-refractivity contribution in [3.05, 3.63) is 41.2 Å². The van der Waals surface area contributed by atoms with Crippen molar-refractivity contribution < 1.29 is 27.1 Å². The molecule has 1 fully saturated rings. The summed E-state index contributed by atoms with van der Waals surface area (Å²) in [4.78, 5) is 28.2. The molecule has 1 aliphatic heterocycles. The van der Waals surface area contributed by atoms with Gasteiger partial charge in [-0.15, -0.1) is 0 Å². The fraction of sp³-hybridized carbons (Fsp3) is 0.400. The van der Waals surface area contributed by atoms with Gasteiger partial charge in [-0.25, -0.2) is 19.3 Å². The Labute approximate surface area is 184 Å². The molecule has 0 atom stereocenters. The predicted octanol–water partition coefficient (Wildman–Crippen LogP) is 3.83. The van der Waals surface area contributed by atoms with Crippen molar-refractivity contribution in [3.63, 3.8) is 0 Å². The molecule has 0 saturated carbocycles. The first kappa shape index (κ1) is 22.4. The lowest BCUT2D eigenvalue weighted by Crippen LogP contribution is -2.48. The minimum absolute atomic E-state index is 0.0663. The normalized spacial score (nSPS) is 16.3. The summed E-state index contributed by atoms with van der Waals surface area (Å²) in [6, 6.07) is 1.66. The lowest BCUT2D eigenvalue weighted by Gasteiger charge is -2.35. The van der Waals surface area contributed by atoms with Gasteiger partial charge in [-0.3, -0.25) is 4.79 Å². The van der Waals surface area contributed by atoms with Crippen LogP contribution >= 0.6 is 11.6 Å². The topological polar surface area (TPSA) is 92.8 Å². The van der Waals surface area contributed by atoms with Gasteiger partial charge >= 0.3 is 6.18 Å². The van der Waals surface area contributed by atoms with Crippen LogP contribution in [0.1, 0.15) is 18.5 Å². The number of H-pyrrole nitrogens is 1. The van der Waals surface area contributed by atoms with E-state index in [9.17, 15) is 22.4 Å². The first-order chi connectivity index (χ1) is 15.2. The van der Waals surface area contributed by atoms with E-state index in [0.29, 0.717) is 21.6 Å². The number of aromatic nitrogens is 4. The second-order valence-electron chi connectivity index (χ2n) is 7.61. The van der Waals surface area contributed by atoms with Gasteiger partial charge in [0.05, 0.1) is 22.3 Å². The van der Waals surface area contributed by atoms with Crippen molar-refractivity contribution in [1.29, 1.82) is 0 Å². The molecule has 0 bridgehead atoms. The van der Waals surface area contributed by atoms with E-state index in [1.165, 1.54) is 6.20 Å². The summed E-state index contributed by atoms with van der Waals surface area (Å²) in [6.07, 6.45) is -0.414. The van der Waals surface area contributed by atoms with Crippen LogP contribution in [0.3, 0.4) is 0 Å². The molecule has 1 saturated heterocycles. The van der Waals surface area contributed by atoms with Gasteiger partial charge in [-0.2, -0.15) is 13.2 Å². The molecule has 170 valence electrons. The highest BCUT2D eigenvalue weighted by molar-refractivity contribution is 6.31. The van der Waals surface area contributed by atoms with Crippen LogP contribution in [0.15, 0.2) is 24.7 Å². The summed E-state index contributed by atoms with van der Waals surface area (Å²) < 4.78 is 57.8. The van der Waals surface area contributed by atoms with Crippen LogP contribution in [0.2, 0.25) is 5.02 Å². The minimum Gasteiger partial charge on any atom is -0.381 e. The largest absolute Gasteiger partial charge is 0.405 e. The molecule has 4 rings (SSSR count). The number of carbonyl (C=O) groups excluding carboxylic acids is 1. The molecule has 0 unspecified atom stereocenters. The Morgan fingerprint density at radius 1 is 1.25 bits per heavy atom. The summed E-state index contributed by atoms with van der Waals surface area (Å²) in [5.74, 6) is -1.38. The second kappa shape index (κ2) is 8.62. The monoisotopic (exact) mass is 471 g/mol. The Bertz CT molecular complexity index is 1140. The van der Waals surface area contributed by atoms with E-state index in [1.807, 2.05) is 5.32 Å². The highest BCUT2D eigenvalue weighted by atomic mass is 35.5. The van der Waals surface area contributed by atoms with Crippen LogP contribution in [0.25, 0.3) is 22.4 Å². The first-order valence-electron chi connectivity index (χ1n) is 9.74.